The molecule has 1 aromatic heterocycles. The minimum absolute atomic E-state index is 0.372. The number of hydrogen-bond donors (Lipinski definition) is 1. The molecule has 1 unspecified atom stereocenters. The fourth-order valence-corrected chi connectivity index (χ4v) is 1.82. The molecule has 0 aliphatic rings. The van der Waals surface area contributed by atoms with Gasteiger partial charge in [0.05, 0.1) is 0 Å². The summed E-state index contributed by atoms with van der Waals surface area (Å²) in [6.07, 6.45) is 2.19. The normalized spacial score (nSPS) is 12.4. The van der Waals surface area contributed by atoms with E-state index in [9.17, 15) is 4.39 Å². The van der Waals surface area contributed by atoms with Gasteiger partial charge in [0.1, 0.15) is 5.82 Å². The Hall–Kier alpha value is -1.45. The zero-order valence-electron chi connectivity index (χ0n) is 9.11. The molecule has 0 spiro atoms. The van der Waals surface area contributed by atoms with E-state index in [1.54, 1.807) is 18.3 Å². The van der Waals surface area contributed by atoms with Crippen molar-refractivity contribution < 1.29 is 4.39 Å². The van der Waals surface area contributed by atoms with Gasteiger partial charge in [0.2, 0.25) is 0 Å². The van der Waals surface area contributed by atoms with Crippen molar-refractivity contribution in [2.75, 3.05) is 0 Å². The Morgan fingerprint density at radius 1 is 1.29 bits per heavy atom. The van der Waals surface area contributed by atoms with Crippen LogP contribution in [0, 0.1) is 5.82 Å². The van der Waals surface area contributed by atoms with Crippen molar-refractivity contribution in [1.29, 1.82) is 0 Å². The molecule has 4 heteroatoms. The summed E-state index contributed by atoms with van der Waals surface area (Å²) < 4.78 is 13.6. The number of aromatic nitrogens is 1. The van der Waals surface area contributed by atoms with E-state index >= 15 is 0 Å². The number of rotatable bonds is 3. The standard InChI is InChI=1S/C13H12ClFN2/c14-9-4-5-11(12(15)7-9)13(16)8-10-3-1-2-6-17-10/h1-7,13H,8,16H2. The average molecular weight is 251 g/mol. The summed E-state index contributed by atoms with van der Waals surface area (Å²) in [7, 11) is 0. The molecule has 1 aromatic carbocycles. The van der Waals surface area contributed by atoms with Gasteiger partial charge >= 0.3 is 0 Å². The van der Waals surface area contributed by atoms with Gasteiger partial charge in [-0.05, 0) is 24.3 Å². The summed E-state index contributed by atoms with van der Waals surface area (Å²) >= 11 is 5.69. The molecule has 0 saturated heterocycles. The van der Waals surface area contributed by atoms with Gasteiger partial charge in [-0.25, -0.2) is 4.39 Å². The summed E-state index contributed by atoms with van der Waals surface area (Å²) in [5.74, 6) is -0.374. The molecule has 0 saturated carbocycles. The van der Waals surface area contributed by atoms with Crippen LogP contribution in [0.15, 0.2) is 42.6 Å². The Morgan fingerprint density at radius 2 is 2.12 bits per heavy atom. The van der Waals surface area contributed by atoms with Crippen LogP contribution in [0.5, 0.6) is 0 Å². The topological polar surface area (TPSA) is 38.9 Å². The first-order chi connectivity index (χ1) is 8.16. The highest BCUT2D eigenvalue weighted by molar-refractivity contribution is 6.30. The summed E-state index contributed by atoms with van der Waals surface area (Å²) in [5.41, 5.74) is 7.26. The third-order valence-corrected chi connectivity index (χ3v) is 2.75. The van der Waals surface area contributed by atoms with Crippen LogP contribution in [0.25, 0.3) is 0 Å². The first-order valence-electron chi connectivity index (χ1n) is 5.27. The van der Waals surface area contributed by atoms with E-state index in [2.05, 4.69) is 4.98 Å². The molecule has 0 radical (unpaired) electrons. The Bertz CT molecular complexity index is 502. The van der Waals surface area contributed by atoms with E-state index in [1.165, 1.54) is 6.07 Å². The quantitative estimate of drug-likeness (QED) is 0.909. The summed E-state index contributed by atoms with van der Waals surface area (Å²) in [4.78, 5) is 4.16. The third-order valence-electron chi connectivity index (χ3n) is 2.52. The highest BCUT2D eigenvalue weighted by Gasteiger charge is 2.12. The molecule has 1 atom stereocenters. The molecule has 2 aromatic rings. The largest absolute Gasteiger partial charge is 0.324 e. The van der Waals surface area contributed by atoms with Crippen molar-refractivity contribution in [3.8, 4) is 0 Å². The van der Waals surface area contributed by atoms with Gasteiger partial charge < -0.3 is 5.73 Å². The van der Waals surface area contributed by atoms with Crippen molar-refractivity contribution in [3.63, 3.8) is 0 Å². The van der Waals surface area contributed by atoms with Gasteiger partial charge in [-0.15, -0.1) is 0 Å². The minimum Gasteiger partial charge on any atom is -0.324 e. The lowest BCUT2D eigenvalue weighted by molar-refractivity contribution is 0.578. The van der Waals surface area contributed by atoms with Gasteiger partial charge in [0, 0.05) is 34.9 Å². The Balaban J connectivity index is 2.17. The molecule has 88 valence electrons. The van der Waals surface area contributed by atoms with Crippen LogP contribution in [-0.4, -0.2) is 4.98 Å². The van der Waals surface area contributed by atoms with E-state index in [4.69, 9.17) is 17.3 Å². The zero-order chi connectivity index (χ0) is 12.3. The zero-order valence-corrected chi connectivity index (χ0v) is 9.86. The third kappa shape index (κ3) is 3.02. The smallest absolute Gasteiger partial charge is 0.129 e. The van der Waals surface area contributed by atoms with Gasteiger partial charge in [-0.1, -0.05) is 23.7 Å². The number of pyridine rings is 1. The Labute approximate surface area is 104 Å². The second-order valence-electron chi connectivity index (χ2n) is 3.80. The molecule has 1 heterocycles. The molecular weight excluding hydrogens is 239 g/mol. The maximum Gasteiger partial charge on any atom is 0.129 e. The molecular formula is C13H12ClFN2. The van der Waals surface area contributed by atoms with Crippen molar-refractivity contribution in [2.45, 2.75) is 12.5 Å². The highest BCUT2D eigenvalue weighted by Crippen LogP contribution is 2.21. The van der Waals surface area contributed by atoms with Gasteiger partial charge in [-0.2, -0.15) is 0 Å². The minimum atomic E-state index is -0.415. The van der Waals surface area contributed by atoms with Crippen molar-refractivity contribution in [1.82, 2.24) is 4.98 Å². The van der Waals surface area contributed by atoms with Crippen LogP contribution in [-0.2, 0) is 6.42 Å². The Morgan fingerprint density at radius 3 is 2.76 bits per heavy atom. The molecule has 0 amide bonds. The lowest BCUT2D eigenvalue weighted by Crippen LogP contribution is -2.15. The fourth-order valence-electron chi connectivity index (χ4n) is 1.66. The Kier molecular flexibility index (Phi) is 3.71. The van der Waals surface area contributed by atoms with E-state index in [1.807, 2.05) is 18.2 Å². The van der Waals surface area contributed by atoms with Gasteiger partial charge in [0.25, 0.3) is 0 Å². The van der Waals surface area contributed by atoms with Crippen LogP contribution in [0.4, 0.5) is 4.39 Å². The predicted octanol–water partition coefficient (Wildman–Crippen LogP) is 3.12. The predicted molar refractivity (Wildman–Crippen MR) is 66.3 cm³/mol. The number of hydrogen-bond acceptors (Lipinski definition) is 2. The van der Waals surface area contributed by atoms with Crippen LogP contribution < -0.4 is 5.73 Å². The van der Waals surface area contributed by atoms with Gasteiger partial charge in [-0.3, -0.25) is 4.98 Å². The number of benzene rings is 1. The lowest BCUT2D eigenvalue weighted by atomic mass is 10.0. The molecule has 2 N–H and O–H groups in total. The van der Waals surface area contributed by atoms with Gasteiger partial charge in [0.15, 0.2) is 0 Å². The molecule has 17 heavy (non-hydrogen) atoms. The number of nitrogens with zero attached hydrogens (tertiary/aromatic N) is 1. The molecule has 2 nitrogen and oxygen atoms in total. The van der Waals surface area contributed by atoms with Crippen LogP contribution in [0.2, 0.25) is 5.02 Å². The van der Waals surface area contributed by atoms with Crippen LogP contribution in [0.3, 0.4) is 0 Å². The highest BCUT2D eigenvalue weighted by atomic mass is 35.5. The fraction of sp³-hybridized carbons (Fsp3) is 0.154. The first-order valence-corrected chi connectivity index (χ1v) is 5.65. The molecule has 0 aliphatic heterocycles. The summed E-state index contributed by atoms with van der Waals surface area (Å²) in [6.45, 7) is 0. The lowest BCUT2D eigenvalue weighted by Gasteiger charge is -2.12. The van der Waals surface area contributed by atoms with E-state index in [-0.39, 0.29) is 5.82 Å². The molecule has 0 fully saturated rings. The molecule has 2 rings (SSSR count). The van der Waals surface area contributed by atoms with Crippen molar-refractivity contribution in [3.05, 3.63) is 64.7 Å². The number of nitrogens with two attached hydrogens (primary N) is 1. The maximum absolute atomic E-state index is 13.6. The number of halogens is 2. The molecule has 0 aliphatic carbocycles. The SMILES string of the molecule is NC(Cc1ccccn1)c1ccc(Cl)cc1F. The van der Waals surface area contributed by atoms with Crippen LogP contribution in [0.1, 0.15) is 17.3 Å². The van der Waals surface area contributed by atoms with E-state index < -0.39 is 6.04 Å². The average Bonchev–Trinajstić information content (AvgIpc) is 2.30. The van der Waals surface area contributed by atoms with E-state index in [0.29, 0.717) is 17.0 Å². The van der Waals surface area contributed by atoms with Crippen molar-refractivity contribution in [2.24, 2.45) is 5.73 Å². The summed E-state index contributed by atoms with van der Waals surface area (Å²) in [5, 5.41) is 0.372. The monoisotopic (exact) mass is 250 g/mol. The first kappa shape index (κ1) is 12.0. The van der Waals surface area contributed by atoms with E-state index in [0.717, 1.165) is 5.69 Å². The van der Waals surface area contributed by atoms with Crippen LogP contribution >= 0.6 is 11.6 Å². The van der Waals surface area contributed by atoms with Crippen molar-refractivity contribution >= 4 is 11.6 Å². The summed E-state index contributed by atoms with van der Waals surface area (Å²) in [6, 6.07) is 9.69. The second-order valence-corrected chi connectivity index (χ2v) is 4.23. The molecule has 0 bridgehead atoms. The second kappa shape index (κ2) is 5.25. The maximum atomic E-state index is 13.6.